The molecule has 0 aliphatic rings. The number of nitrogens with zero attached hydrogens (tertiary/aromatic N) is 1. The van der Waals surface area contributed by atoms with Crippen LogP contribution in [0.1, 0.15) is 6.92 Å². The van der Waals surface area contributed by atoms with Crippen LogP contribution in [-0.2, 0) is 4.79 Å². The Bertz CT molecular complexity index is 13.5. The Hall–Kier alpha value is -0.370. The first-order valence-electron chi connectivity index (χ1n) is 0.813. The molecule has 0 aromatic rings. The second-order valence-corrected chi connectivity index (χ2v) is 0.236. The number of rotatable bonds is 0. The third-order valence-electron chi connectivity index (χ3n) is 0. The van der Waals surface area contributed by atoms with Gasteiger partial charge in [-0.25, -0.2) is 0 Å². The number of carbonyl (C=O) groups excluding carboxylic acids is 1. The summed E-state index contributed by atoms with van der Waals surface area (Å²) in [6.45, 7) is 1.44. The predicted octanol–water partition coefficient (Wildman–Crippen LogP) is -0.275. The first kappa shape index (κ1) is 9.45. The first-order valence-corrected chi connectivity index (χ1v) is 0.813. The summed E-state index contributed by atoms with van der Waals surface area (Å²) < 4.78 is 0. The van der Waals surface area contributed by atoms with Gasteiger partial charge in [0.1, 0.15) is 6.29 Å². The van der Waals surface area contributed by atoms with Gasteiger partial charge in [-0.1, -0.05) is 0 Å². The minimum absolute atomic E-state index is 0. The fourth-order valence-corrected chi connectivity index (χ4v) is 0. The summed E-state index contributed by atoms with van der Waals surface area (Å²) in [4.78, 5) is 8.81. The van der Waals surface area contributed by atoms with Crippen LogP contribution in [-0.4, -0.2) is 6.29 Å². The highest BCUT2D eigenvalue weighted by molar-refractivity contribution is 5.44. The Morgan fingerprint density at radius 3 is 1.75 bits per heavy atom. The highest BCUT2D eigenvalue weighted by Gasteiger charge is 1.24. The number of hydrogen-bond donors (Lipinski definition) is 0. The van der Waals surface area contributed by atoms with Crippen LogP contribution in [0, 0.1) is 0 Å². The lowest BCUT2D eigenvalue weighted by molar-refractivity contribution is -0.106. The van der Waals surface area contributed by atoms with E-state index in [1.54, 1.807) is 0 Å². The molecular formula is C2H4NO. The molecule has 0 amide bonds. The molecule has 0 N–H and O–H groups in total. The summed E-state index contributed by atoms with van der Waals surface area (Å²) >= 11 is 0. The van der Waals surface area contributed by atoms with E-state index in [1.807, 2.05) is 0 Å². The molecule has 0 aliphatic heterocycles. The quantitative estimate of drug-likeness (QED) is 0.353. The predicted molar refractivity (Wildman–Crippen MR) is 13.9 cm³/mol. The molecule has 0 saturated carbocycles. The van der Waals surface area contributed by atoms with E-state index in [-0.39, 0.29) is 6.15 Å². The smallest absolute Gasteiger partial charge is 0.116 e. The summed E-state index contributed by atoms with van der Waals surface area (Å²) in [7, 11) is 0. The molecule has 0 rings (SSSR count). The van der Waals surface area contributed by atoms with Crippen molar-refractivity contribution in [3.8, 4) is 0 Å². The van der Waals surface area contributed by atoms with E-state index in [0.717, 1.165) is 6.29 Å². The molecule has 0 fully saturated rings. The number of carbonyl (C=O) groups is 1. The van der Waals surface area contributed by atoms with Crippen LogP contribution in [0.15, 0.2) is 0 Å². The van der Waals surface area contributed by atoms with Gasteiger partial charge in [0.25, 0.3) is 0 Å². The number of hydrogen-bond acceptors (Lipinski definition) is 1. The lowest BCUT2D eigenvalue weighted by Crippen LogP contribution is -1.36. The first-order chi connectivity index (χ1) is 1.41. The fraction of sp³-hybridized carbons (Fsp3) is 0.500. The summed E-state index contributed by atoms with van der Waals surface area (Å²) in [5.74, 6) is 0. The highest BCUT2D eigenvalue weighted by atomic mass is 16.1. The van der Waals surface area contributed by atoms with E-state index in [0.29, 0.717) is 0 Å². The van der Waals surface area contributed by atoms with Crippen LogP contribution >= 0.6 is 0 Å². The van der Waals surface area contributed by atoms with Crippen molar-refractivity contribution < 1.29 is 4.79 Å². The fourth-order valence-electron chi connectivity index (χ4n) is 0. The van der Waals surface area contributed by atoms with E-state index in [4.69, 9.17) is 4.79 Å². The van der Waals surface area contributed by atoms with Crippen molar-refractivity contribution in [3.05, 3.63) is 0 Å². The lowest BCUT2D eigenvalue weighted by atomic mass is 11.0. The standard InChI is InChI=1S/C2H4O.N/c1-2-3;/h2H,1H3;. The Labute approximate surface area is 25.4 Å². The topological polar surface area (TPSA) is 47.6 Å². The van der Waals surface area contributed by atoms with Crippen molar-refractivity contribution in [2.45, 2.75) is 6.92 Å². The summed E-state index contributed by atoms with van der Waals surface area (Å²) in [6.07, 6.45) is 0.750. The molecule has 0 atom stereocenters. The Balaban J connectivity index is 0. The average molecular weight is 58.1 g/mol. The third-order valence-corrected chi connectivity index (χ3v) is 0. The Kier molecular flexibility index (Phi) is 41.6. The van der Waals surface area contributed by atoms with Gasteiger partial charge in [-0.15, -0.1) is 0 Å². The lowest BCUT2D eigenvalue weighted by Gasteiger charge is -1.23. The van der Waals surface area contributed by atoms with Gasteiger partial charge in [-0.3, -0.25) is 0 Å². The zero-order valence-corrected chi connectivity index (χ0v) is 2.43. The zero-order valence-electron chi connectivity index (χ0n) is 2.43. The van der Waals surface area contributed by atoms with Crippen LogP contribution < -0.4 is 6.15 Å². The molecule has 0 unspecified atom stereocenters. The molecule has 2 nitrogen and oxygen atoms in total. The summed E-state index contributed by atoms with van der Waals surface area (Å²) in [5, 5.41) is 0. The Morgan fingerprint density at radius 1 is 1.75 bits per heavy atom. The van der Waals surface area contributed by atoms with Crippen LogP contribution in [0.25, 0.3) is 0 Å². The average Bonchev–Trinajstić information content (AvgIpc) is 0.918. The molecule has 3 radical (unpaired) electrons. The molecule has 0 aromatic heterocycles. The SMILES string of the molecule is CC=O.[N]. The van der Waals surface area contributed by atoms with E-state index >= 15 is 0 Å². The van der Waals surface area contributed by atoms with Gasteiger partial charge >= 0.3 is 0 Å². The molecule has 2 heteroatoms. The molecule has 0 bridgehead atoms. The monoisotopic (exact) mass is 58.0 g/mol. The molecule has 4 heavy (non-hydrogen) atoms. The summed E-state index contributed by atoms with van der Waals surface area (Å²) in [6, 6.07) is 0. The maximum atomic E-state index is 8.81. The van der Waals surface area contributed by atoms with E-state index in [1.165, 1.54) is 6.92 Å². The zero-order chi connectivity index (χ0) is 2.71. The van der Waals surface area contributed by atoms with E-state index in [9.17, 15) is 0 Å². The third kappa shape index (κ3) is 4.73. The molecule has 0 aliphatic carbocycles. The second kappa shape index (κ2) is 17.6. The van der Waals surface area contributed by atoms with Crippen molar-refractivity contribution in [2.75, 3.05) is 0 Å². The van der Waals surface area contributed by atoms with Gasteiger partial charge in [0.15, 0.2) is 0 Å². The minimum Gasteiger partial charge on any atom is -0.304 e. The molecule has 0 saturated heterocycles. The minimum atomic E-state index is 0. The molecule has 0 spiro atoms. The number of aldehydes is 1. The Morgan fingerprint density at radius 2 is 1.75 bits per heavy atom. The maximum absolute atomic E-state index is 8.81. The van der Waals surface area contributed by atoms with Crippen molar-refractivity contribution >= 4 is 6.29 Å². The summed E-state index contributed by atoms with van der Waals surface area (Å²) in [5.41, 5.74) is 0. The maximum Gasteiger partial charge on any atom is 0.116 e. The second-order valence-electron chi connectivity index (χ2n) is 0.236. The molecule has 0 aromatic carbocycles. The van der Waals surface area contributed by atoms with Gasteiger partial charge in [0.2, 0.25) is 0 Å². The largest absolute Gasteiger partial charge is 0.304 e. The normalized spacial score (nSPS) is 3.25. The van der Waals surface area contributed by atoms with Crippen molar-refractivity contribution in [1.29, 1.82) is 0 Å². The molecular weight excluding hydrogens is 54.0 g/mol. The van der Waals surface area contributed by atoms with Crippen molar-refractivity contribution in [2.24, 2.45) is 0 Å². The van der Waals surface area contributed by atoms with Gasteiger partial charge in [-0.05, 0) is 6.92 Å². The molecule has 0 heterocycles. The highest BCUT2D eigenvalue weighted by Crippen LogP contribution is 1.13. The van der Waals surface area contributed by atoms with E-state index in [2.05, 4.69) is 0 Å². The van der Waals surface area contributed by atoms with Crippen molar-refractivity contribution in [3.63, 3.8) is 0 Å². The van der Waals surface area contributed by atoms with Crippen LogP contribution in [0.5, 0.6) is 0 Å². The van der Waals surface area contributed by atoms with Gasteiger partial charge in [-0.2, -0.15) is 0 Å². The van der Waals surface area contributed by atoms with Crippen LogP contribution in [0.4, 0.5) is 0 Å². The van der Waals surface area contributed by atoms with Crippen molar-refractivity contribution in [1.82, 2.24) is 6.15 Å². The van der Waals surface area contributed by atoms with Crippen LogP contribution in [0.3, 0.4) is 0 Å². The van der Waals surface area contributed by atoms with E-state index < -0.39 is 0 Å². The van der Waals surface area contributed by atoms with Gasteiger partial charge < -0.3 is 4.79 Å². The van der Waals surface area contributed by atoms with Crippen LogP contribution in [0.2, 0.25) is 0 Å². The van der Waals surface area contributed by atoms with Gasteiger partial charge in [0.05, 0.1) is 0 Å². The molecule has 23 valence electrons. The van der Waals surface area contributed by atoms with Gasteiger partial charge in [0, 0.05) is 6.15 Å².